The maximum atomic E-state index is 12.4. The van der Waals surface area contributed by atoms with Crippen LogP contribution in [0.2, 0.25) is 0 Å². The Morgan fingerprint density at radius 3 is 2.60 bits per heavy atom. The molecule has 0 heterocycles. The van der Waals surface area contributed by atoms with Crippen LogP contribution in [-0.2, 0) is 9.53 Å². The molecule has 0 aliphatic heterocycles. The first-order valence-corrected chi connectivity index (χ1v) is 9.01. The zero-order valence-corrected chi connectivity index (χ0v) is 14.1. The van der Waals surface area contributed by atoms with Crippen molar-refractivity contribution >= 4 is 17.7 Å². The number of hydrogen-bond donors (Lipinski definition) is 1. The van der Waals surface area contributed by atoms with E-state index in [-0.39, 0.29) is 5.97 Å². The average Bonchev–Trinajstić information content (AvgIpc) is 3.10. The average molecular weight is 299 g/mol. The molecule has 0 spiro atoms. The van der Waals surface area contributed by atoms with Gasteiger partial charge in [0.15, 0.2) is 0 Å². The van der Waals surface area contributed by atoms with E-state index in [1.54, 1.807) is 0 Å². The van der Waals surface area contributed by atoms with Gasteiger partial charge in [-0.3, -0.25) is 10.1 Å². The third-order valence-electron chi connectivity index (χ3n) is 4.54. The van der Waals surface area contributed by atoms with Gasteiger partial charge in [0.25, 0.3) is 0 Å². The Labute approximate surface area is 127 Å². The normalized spacial score (nSPS) is 31.6. The summed E-state index contributed by atoms with van der Waals surface area (Å²) < 4.78 is 5.35. The predicted molar refractivity (Wildman–Crippen MR) is 85.1 cm³/mol. The topological polar surface area (TPSA) is 38.3 Å². The van der Waals surface area contributed by atoms with Crippen molar-refractivity contribution in [3.8, 4) is 0 Å². The van der Waals surface area contributed by atoms with Crippen LogP contribution in [0.5, 0.6) is 0 Å². The van der Waals surface area contributed by atoms with E-state index in [0.29, 0.717) is 29.1 Å². The molecule has 2 saturated carbocycles. The molecule has 0 aromatic carbocycles. The predicted octanol–water partition coefficient (Wildman–Crippen LogP) is 3.37. The van der Waals surface area contributed by atoms with Gasteiger partial charge in [0.2, 0.25) is 0 Å². The molecule has 0 radical (unpaired) electrons. The number of thioether (sulfide) groups is 1. The summed E-state index contributed by atoms with van der Waals surface area (Å²) in [6.07, 6.45) is 5.41. The summed E-state index contributed by atoms with van der Waals surface area (Å²) in [7, 11) is 0. The van der Waals surface area contributed by atoms with E-state index < -0.39 is 5.54 Å². The maximum Gasteiger partial charge on any atom is 0.326 e. The highest BCUT2D eigenvalue weighted by atomic mass is 32.2. The SMILES string of the molecule is CCOC(=O)C1(NC2CC2)CCC(SC(C)C(C)C)C1. The molecule has 2 rings (SSSR count). The van der Waals surface area contributed by atoms with Crippen LogP contribution in [0.3, 0.4) is 0 Å². The molecule has 0 saturated heterocycles. The molecule has 20 heavy (non-hydrogen) atoms. The second kappa shape index (κ2) is 6.69. The lowest BCUT2D eigenvalue weighted by Crippen LogP contribution is -2.52. The highest BCUT2D eigenvalue weighted by molar-refractivity contribution is 8.00. The lowest BCUT2D eigenvalue weighted by Gasteiger charge is -2.29. The fraction of sp³-hybridized carbons (Fsp3) is 0.938. The number of carbonyl (C=O) groups is 1. The zero-order chi connectivity index (χ0) is 14.8. The first-order valence-electron chi connectivity index (χ1n) is 8.07. The van der Waals surface area contributed by atoms with E-state index in [2.05, 4.69) is 37.8 Å². The van der Waals surface area contributed by atoms with Gasteiger partial charge >= 0.3 is 5.97 Å². The summed E-state index contributed by atoms with van der Waals surface area (Å²) in [5.74, 6) is 0.668. The van der Waals surface area contributed by atoms with Crippen LogP contribution in [-0.4, -0.2) is 34.7 Å². The molecule has 0 aromatic heterocycles. The van der Waals surface area contributed by atoms with E-state index in [4.69, 9.17) is 4.74 Å². The second-order valence-electron chi connectivity index (χ2n) is 6.67. The number of esters is 1. The van der Waals surface area contributed by atoms with Crippen LogP contribution in [0.1, 0.15) is 59.8 Å². The standard InChI is InChI=1S/C16H29NO2S/c1-5-19-15(18)16(17-13-6-7-13)9-8-14(10-16)20-12(4)11(2)3/h11-14,17H,5-10H2,1-4H3. The van der Waals surface area contributed by atoms with Gasteiger partial charge in [0.05, 0.1) is 6.61 Å². The number of carbonyl (C=O) groups excluding carboxylic acids is 1. The Balaban J connectivity index is 1.97. The highest BCUT2D eigenvalue weighted by Crippen LogP contribution is 2.42. The number of nitrogens with one attached hydrogen (secondary N) is 1. The Kier molecular flexibility index (Phi) is 5.41. The lowest BCUT2D eigenvalue weighted by molar-refractivity contribution is -0.151. The van der Waals surface area contributed by atoms with Gasteiger partial charge in [0, 0.05) is 16.5 Å². The quantitative estimate of drug-likeness (QED) is 0.732. The van der Waals surface area contributed by atoms with Crippen molar-refractivity contribution in [1.29, 1.82) is 0 Å². The molecular formula is C16H29NO2S. The Bertz CT molecular complexity index is 343. The molecule has 3 atom stereocenters. The summed E-state index contributed by atoms with van der Waals surface area (Å²) in [6, 6.07) is 0.547. The Morgan fingerprint density at radius 2 is 2.05 bits per heavy atom. The summed E-state index contributed by atoms with van der Waals surface area (Å²) in [5.41, 5.74) is -0.397. The highest BCUT2D eigenvalue weighted by Gasteiger charge is 2.49. The fourth-order valence-corrected chi connectivity index (χ4v) is 4.40. The molecule has 2 fully saturated rings. The van der Waals surface area contributed by atoms with Crippen LogP contribution in [0.4, 0.5) is 0 Å². The number of hydrogen-bond acceptors (Lipinski definition) is 4. The van der Waals surface area contributed by atoms with Crippen LogP contribution >= 0.6 is 11.8 Å². The maximum absolute atomic E-state index is 12.4. The largest absolute Gasteiger partial charge is 0.465 e. The third-order valence-corrected chi connectivity index (χ3v) is 6.30. The van der Waals surface area contributed by atoms with Gasteiger partial charge in [0.1, 0.15) is 5.54 Å². The summed E-state index contributed by atoms with van der Waals surface area (Å²) in [4.78, 5) is 12.4. The Morgan fingerprint density at radius 1 is 1.35 bits per heavy atom. The van der Waals surface area contributed by atoms with Crippen molar-refractivity contribution in [3.05, 3.63) is 0 Å². The number of rotatable bonds is 7. The second-order valence-corrected chi connectivity index (χ2v) is 8.35. The minimum atomic E-state index is -0.397. The van der Waals surface area contributed by atoms with Gasteiger partial charge in [-0.25, -0.2) is 0 Å². The van der Waals surface area contributed by atoms with Gasteiger partial charge in [-0.05, 0) is 44.9 Å². The van der Waals surface area contributed by atoms with Crippen LogP contribution in [0, 0.1) is 5.92 Å². The minimum Gasteiger partial charge on any atom is -0.465 e. The van der Waals surface area contributed by atoms with Crippen LogP contribution in [0.15, 0.2) is 0 Å². The molecule has 3 nitrogen and oxygen atoms in total. The number of ether oxygens (including phenoxy) is 1. The van der Waals surface area contributed by atoms with Crippen LogP contribution < -0.4 is 5.32 Å². The van der Waals surface area contributed by atoms with E-state index >= 15 is 0 Å². The minimum absolute atomic E-state index is 0.0211. The molecule has 0 bridgehead atoms. The van der Waals surface area contributed by atoms with Crippen molar-refractivity contribution in [2.24, 2.45) is 5.92 Å². The Hall–Kier alpha value is -0.220. The van der Waals surface area contributed by atoms with Crippen molar-refractivity contribution in [1.82, 2.24) is 5.32 Å². The monoisotopic (exact) mass is 299 g/mol. The smallest absolute Gasteiger partial charge is 0.326 e. The molecule has 1 N–H and O–H groups in total. The molecule has 2 aliphatic carbocycles. The summed E-state index contributed by atoms with van der Waals surface area (Å²) >= 11 is 2.05. The van der Waals surface area contributed by atoms with Crippen molar-refractivity contribution in [2.75, 3.05) is 6.61 Å². The lowest BCUT2D eigenvalue weighted by atomic mass is 9.97. The van der Waals surface area contributed by atoms with Gasteiger partial charge in [-0.1, -0.05) is 20.8 Å². The molecule has 116 valence electrons. The van der Waals surface area contributed by atoms with E-state index in [9.17, 15) is 4.79 Å². The first-order chi connectivity index (χ1) is 9.47. The molecule has 0 amide bonds. The van der Waals surface area contributed by atoms with E-state index in [1.807, 2.05) is 6.92 Å². The summed E-state index contributed by atoms with van der Waals surface area (Å²) in [6.45, 7) is 9.22. The van der Waals surface area contributed by atoms with Gasteiger partial charge in [-0.2, -0.15) is 11.8 Å². The molecule has 0 aromatic rings. The molecule has 4 heteroatoms. The molecule has 2 aliphatic rings. The van der Waals surface area contributed by atoms with Crippen molar-refractivity contribution in [3.63, 3.8) is 0 Å². The molecular weight excluding hydrogens is 270 g/mol. The zero-order valence-electron chi connectivity index (χ0n) is 13.3. The summed E-state index contributed by atoms with van der Waals surface area (Å²) in [5, 5.41) is 4.83. The third kappa shape index (κ3) is 3.91. The van der Waals surface area contributed by atoms with Crippen LogP contribution in [0.25, 0.3) is 0 Å². The van der Waals surface area contributed by atoms with Crippen molar-refractivity contribution in [2.45, 2.75) is 81.9 Å². The van der Waals surface area contributed by atoms with E-state index in [0.717, 1.165) is 19.3 Å². The van der Waals surface area contributed by atoms with E-state index in [1.165, 1.54) is 12.8 Å². The first kappa shape index (κ1) is 16.2. The van der Waals surface area contributed by atoms with Gasteiger partial charge < -0.3 is 4.74 Å². The van der Waals surface area contributed by atoms with Gasteiger partial charge in [-0.15, -0.1) is 0 Å². The van der Waals surface area contributed by atoms with Crippen molar-refractivity contribution < 1.29 is 9.53 Å². The molecule has 3 unspecified atom stereocenters. The fourth-order valence-electron chi connectivity index (χ4n) is 2.84.